The lowest BCUT2D eigenvalue weighted by atomic mass is 9.92. The van der Waals surface area contributed by atoms with Gasteiger partial charge in [0.15, 0.2) is 0 Å². The van der Waals surface area contributed by atoms with E-state index in [4.69, 9.17) is 0 Å². The van der Waals surface area contributed by atoms with Crippen LogP contribution < -0.4 is 5.32 Å². The minimum Gasteiger partial charge on any atom is -0.326 e. The highest BCUT2D eigenvalue weighted by atomic mass is 32.2. The molecule has 1 fully saturated rings. The van der Waals surface area contributed by atoms with Gasteiger partial charge in [0.1, 0.15) is 6.33 Å². The van der Waals surface area contributed by atoms with E-state index in [0.29, 0.717) is 36.5 Å². The molecule has 10 heteroatoms. The van der Waals surface area contributed by atoms with Crippen LogP contribution in [0.2, 0.25) is 0 Å². The Kier molecular flexibility index (Phi) is 5.94. The molecule has 1 aliphatic heterocycles. The highest BCUT2D eigenvalue weighted by Gasteiger charge is 2.32. The van der Waals surface area contributed by atoms with Crippen molar-refractivity contribution in [1.29, 1.82) is 0 Å². The van der Waals surface area contributed by atoms with E-state index in [1.165, 1.54) is 20.9 Å². The van der Waals surface area contributed by atoms with Crippen LogP contribution in [0.3, 0.4) is 0 Å². The second-order valence-corrected chi connectivity index (χ2v) is 10.5. The molecule has 0 unspecified atom stereocenters. The molecule has 1 saturated heterocycles. The summed E-state index contributed by atoms with van der Waals surface area (Å²) < 4.78 is 29.4. The van der Waals surface area contributed by atoms with Crippen molar-refractivity contribution in [3.8, 4) is 5.69 Å². The van der Waals surface area contributed by atoms with Crippen molar-refractivity contribution in [2.45, 2.75) is 43.4 Å². The fourth-order valence-corrected chi connectivity index (χ4v) is 6.15. The van der Waals surface area contributed by atoms with Gasteiger partial charge in [-0.2, -0.15) is 4.31 Å². The molecule has 0 radical (unpaired) electrons. The smallest absolute Gasteiger partial charge is 0.243 e. The van der Waals surface area contributed by atoms with E-state index >= 15 is 0 Å². The molecule has 2 aromatic carbocycles. The number of amides is 1. The molecule has 0 bridgehead atoms. The van der Waals surface area contributed by atoms with Gasteiger partial charge >= 0.3 is 0 Å². The van der Waals surface area contributed by atoms with Crippen LogP contribution in [-0.2, 0) is 27.7 Å². The van der Waals surface area contributed by atoms with Crippen LogP contribution in [0.4, 0.5) is 5.69 Å². The zero-order valence-corrected chi connectivity index (χ0v) is 19.0. The van der Waals surface area contributed by atoms with E-state index in [0.717, 1.165) is 36.9 Å². The standard InChI is InChI=1S/C23H26N6O3S/c30-23(25-20-6-3-7-21(15-20)29-16-24-26-27-29)18-10-12-28(13-11-18)33(31,32)22-9-8-17-4-1-2-5-19(17)14-22/h3,6-9,14-16,18H,1-2,4-5,10-13H2,(H,25,30). The summed E-state index contributed by atoms with van der Waals surface area (Å²) in [6, 6.07) is 12.8. The Morgan fingerprint density at radius 3 is 2.55 bits per heavy atom. The number of piperidine rings is 1. The average molecular weight is 467 g/mol. The summed E-state index contributed by atoms with van der Waals surface area (Å²) in [4.78, 5) is 13.2. The Morgan fingerprint density at radius 2 is 1.79 bits per heavy atom. The molecule has 2 aliphatic rings. The van der Waals surface area contributed by atoms with Crippen molar-refractivity contribution in [1.82, 2.24) is 24.5 Å². The van der Waals surface area contributed by atoms with Gasteiger partial charge in [-0.15, -0.1) is 5.10 Å². The Bertz CT molecular complexity index is 1250. The number of fused-ring (bicyclic) bond motifs is 1. The first-order valence-corrected chi connectivity index (χ1v) is 12.7. The maximum atomic E-state index is 13.2. The Balaban J connectivity index is 1.22. The summed E-state index contributed by atoms with van der Waals surface area (Å²) in [5.41, 5.74) is 3.81. The van der Waals surface area contributed by atoms with Gasteiger partial charge in [-0.25, -0.2) is 13.1 Å². The topological polar surface area (TPSA) is 110 Å². The average Bonchev–Trinajstić information content (AvgIpc) is 3.39. The molecule has 1 N–H and O–H groups in total. The molecule has 1 amide bonds. The van der Waals surface area contributed by atoms with Crippen LogP contribution in [-0.4, -0.2) is 51.9 Å². The first-order chi connectivity index (χ1) is 16.0. The molecule has 0 spiro atoms. The summed E-state index contributed by atoms with van der Waals surface area (Å²) >= 11 is 0. The fourth-order valence-electron chi connectivity index (χ4n) is 4.63. The van der Waals surface area contributed by atoms with Gasteiger partial charge in [-0.3, -0.25) is 4.79 Å². The SMILES string of the molecule is O=C(Nc1cccc(-n2cnnn2)c1)C1CCN(S(=O)(=O)c2ccc3c(c2)CCCC3)CC1. The summed E-state index contributed by atoms with van der Waals surface area (Å²) in [6.07, 6.45) is 6.70. The number of sulfonamides is 1. The molecule has 1 aliphatic carbocycles. The van der Waals surface area contributed by atoms with Crippen molar-refractivity contribution >= 4 is 21.6 Å². The first kappa shape index (κ1) is 21.7. The molecule has 33 heavy (non-hydrogen) atoms. The number of tetrazole rings is 1. The Hall–Kier alpha value is -3.11. The molecule has 5 rings (SSSR count). The second kappa shape index (κ2) is 9.03. The maximum absolute atomic E-state index is 13.2. The maximum Gasteiger partial charge on any atom is 0.243 e. The van der Waals surface area contributed by atoms with Gasteiger partial charge < -0.3 is 5.32 Å². The number of anilines is 1. The molecule has 0 saturated carbocycles. The van der Waals surface area contributed by atoms with Crippen molar-refractivity contribution in [3.05, 3.63) is 59.9 Å². The third-order valence-electron chi connectivity index (χ3n) is 6.51. The molecule has 2 heterocycles. The predicted octanol–water partition coefficient (Wildman–Crippen LogP) is 2.58. The van der Waals surface area contributed by atoms with Gasteiger partial charge in [0, 0.05) is 24.7 Å². The lowest BCUT2D eigenvalue weighted by molar-refractivity contribution is -0.120. The summed E-state index contributed by atoms with van der Waals surface area (Å²) in [5.74, 6) is -0.341. The lowest BCUT2D eigenvalue weighted by Crippen LogP contribution is -2.41. The third-order valence-corrected chi connectivity index (χ3v) is 8.40. The molecule has 3 aromatic rings. The van der Waals surface area contributed by atoms with E-state index < -0.39 is 10.0 Å². The molecular weight excluding hydrogens is 440 g/mol. The van der Waals surface area contributed by atoms with Crippen molar-refractivity contribution in [2.75, 3.05) is 18.4 Å². The van der Waals surface area contributed by atoms with E-state index in [2.05, 4.69) is 20.8 Å². The van der Waals surface area contributed by atoms with Gasteiger partial charge in [0.05, 0.1) is 10.6 Å². The van der Waals surface area contributed by atoms with Gasteiger partial charge in [0.25, 0.3) is 0 Å². The summed E-state index contributed by atoms with van der Waals surface area (Å²) in [6.45, 7) is 0.671. The predicted molar refractivity (Wildman–Crippen MR) is 122 cm³/mol. The van der Waals surface area contributed by atoms with Gasteiger partial charge in [-0.05, 0) is 90.4 Å². The lowest BCUT2D eigenvalue weighted by Gasteiger charge is -2.31. The fraction of sp³-hybridized carbons (Fsp3) is 0.391. The highest BCUT2D eigenvalue weighted by Crippen LogP contribution is 2.28. The Morgan fingerprint density at radius 1 is 1.00 bits per heavy atom. The number of aryl methyl sites for hydroxylation is 2. The van der Waals surface area contributed by atoms with Gasteiger partial charge in [0.2, 0.25) is 15.9 Å². The molecule has 9 nitrogen and oxygen atoms in total. The summed E-state index contributed by atoms with van der Waals surface area (Å²) in [7, 11) is -3.55. The first-order valence-electron chi connectivity index (χ1n) is 11.3. The van der Waals surface area contributed by atoms with Crippen LogP contribution in [0.1, 0.15) is 36.8 Å². The van der Waals surface area contributed by atoms with Crippen LogP contribution in [0, 0.1) is 5.92 Å². The monoisotopic (exact) mass is 466 g/mol. The van der Waals surface area contributed by atoms with E-state index in [1.807, 2.05) is 24.3 Å². The molecule has 0 atom stereocenters. The van der Waals surface area contributed by atoms with Crippen LogP contribution in [0.25, 0.3) is 5.69 Å². The normalized spacial score (nSPS) is 17.5. The van der Waals surface area contributed by atoms with Crippen molar-refractivity contribution < 1.29 is 13.2 Å². The quantitative estimate of drug-likeness (QED) is 0.619. The van der Waals surface area contributed by atoms with E-state index in [1.54, 1.807) is 18.2 Å². The van der Waals surface area contributed by atoms with Crippen LogP contribution in [0.5, 0.6) is 0 Å². The van der Waals surface area contributed by atoms with Crippen LogP contribution in [0.15, 0.2) is 53.7 Å². The molecule has 1 aromatic heterocycles. The van der Waals surface area contributed by atoms with Crippen molar-refractivity contribution in [3.63, 3.8) is 0 Å². The number of hydrogen-bond donors (Lipinski definition) is 1. The Labute approximate surface area is 192 Å². The minimum absolute atomic E-state index is 0.102. The number of aromatic nitrogens is 4. The highest BCUT2D eigenvalue weighted by molar-refractivity contribution is 7.89. The zero-order chi connectivity index (χ0) is 22.8. The number of nitrogens with one attached hydrogen (secondary N) is 1. The van der Waals surface area contributed by atoms with E-state index in [9.17, 15) is 13.2 Å². The minimum atomic E-state index is -3.55. The molecular formula is C23H26N6O3S. The number of carbonyl (C=O) groups excluding carboxylic acids is 1. The summed E-state index contributed by atoms with van der Waals surface area (Å²) in [5, 5.41) is 14.0. The third kappa shape index (κ3) is 4.53. The number of hydrogen-bond acceptors (Lipinski definition) is 6. The second-order valence-electron chi connectivity index (χ2n) is 8.61. The largest absolute Gasteiger partial charge is 0.326 e. The number of nitrogens with zero attached hydrogens (tertiary/aromatic N) is 5. The van der Waals surface area contributed by atoms with E-state index in [-0.39, 0.29) is 11.8 Å². The van der Waals surface area contributed by atoms with Gasteiger partial charge in [-0.1, -0.05) is 12.1 Å². The zero-order valence-electron chi connectivity index (χ0n) is 18.2. The van der Waals surface area contributed by atoms with Crippen molar-refractivity contribution in [2.24, 2.45) is 5.92 Å². The number of benzene rings is 2. The number of rotatable bonds is 5. The van der Waals surface area contributed by atoms with Crippen LogP contribution >= 0.6 is 0 Å². The molecule has 172 valence electrons. The number of carbonyl (C=O) groups is 1.